The molecular formula is C13H21FN2O. The Bertz CT molecular complexity index is 337. The van der Waals surface area contributed by atoms with Crippen molar-refractivity contribution in [2.24, 2.45) is 11.8 Å². The van der Waals surface area contributed by atoms with Crippen molar-refractivity contribution in [1.29, 1.82) is 0 Å². The number of rotatable bonds is 6. The van der Waals surface area contributed by atoms with Gasteiger partial charge in [-0.25, -0.2) is 4.39 Å². The SMILES string of the molecule is COCCC(C)C(NN)c1cc(C)cc(F)c1. The minimum atomic E-state index is -0.223. The van der Waals surface area contributed by atoms with Crippen LogP contribution in [-0.2, 0) is 4.74 Å². The number of ether oxygens (including phenoxy) is 1. The Balaban J connectivity index is 2.84. The molecule has 4 heteroatoms. The van der Waals surface area contributed by atoms with E-state index in [9.17, 15) is 4.39 Å². The lowest BCUT2D eigenvalue weighted by molar-refractivity contribution is 0.170. The Hall–Kier alpha value is -0.970. The average molecular weight is 240 g/mol. The molecule has 96 valence electrons. The van der Waals surface area contributed by atoms with Crippen molar-refractivity contribution in [2.75, 3.05) is 13.7 Å². The molecule has 1 rings (SSSR count). The Morgan fingerprint density at radius 2 is 2.12 bits per heavy atom. The Labute approximate surface area is 102 Å². The third kappa shape index (κ3) is 4.07. The first-order valence-electron chi connectivity index (χ1n) is 5.80. The normalized spacial score (nSPS) is 14.6. The number of hydrazine groups is 1. The van der Waals surface area contributed by atoms with Gasteiger partial charge in [0.05, 0.1) is 0 Å². The highest BCUT2D eigenvalue weighted by Gasteiger charge is 2.18. The van der Waals surface area contributed by atoms with Gasteiger partial charge in [-0.1, -0.05) is 13.0 Å². The van der Waals surface area contributed by atoms with Gasteiger partial charge < -0.3 is 4.74 Å². The largest absolute Gasteiger partial charge is 0.385 e. The van der Waals surface area contributed by atoms with E-state index in [4.69, 9.17) is 10.6 Å². The smallest absolute Gasteiger partial charge is 0.123 e. The lowest BCUT2D eigenvalue weighted by Gasteiger charge is -2.24. The summed E-state index contributed by atoms with van der Waals surface area (Å²) in [4.78, 5) is 0. The van der Waals surface area contributed by atoms with Gasteiger partial charge in [0.25, 0.3) is 0 Å². The molecule has 2 unspecified atom stereocenters. The van der Waals surface area contributed by atoms with Crippen molar-refractivity contribution in [3.05, 3.63) is 35.1 Å². The fraction of sp³-hybridized carbons (Fsp3) is 0.538. The molecule has 0 radical (unpaired) electrons. The first kappa shape index (κ1) is 14.1. The van der Waals surface area contributed by atoms with E-state index in [2.05, 4.69) is 12.3 Å². The van der Waals surface area contributed by atoms with E-state index in [0.29, 0.717) is 6.61 Å². The molecule has 0 fully saturated rings. The molecule has 2 atom stereocenters. The number of nitrogens with one attached hydrogen (secondary N) is 1. The van der Waals surface area contributed by atoms with E-state index in [0.717, 1.165) is 17.5 Å². The molecule has 17 heavy (non-hydrogen) atoms. The van der Waals surface area contributed by atoms with Crippen LogP contribution < -0.4 is 11.3 Å². The second-order valence-electron chi connectivity index (χ2n) is 4.47. The van der Waals surface area contributed by atoms with Crippen LogP contribution in [0.3, 0.4) is 0 Å². The number of hydrogen-bond donors (Lipinski definition) is 2. The minimum Gasteiger partial charge on any atom is -0.385 e. The number of benzene rings is 1. The average Bonchev–Trinajstić information content (AvgIpc) is 2.26. The van der Waals surface area contributed by atoms with Crippen LogP contribution in [0.2, 0.25) is 0 Å². The van der Waals surface area contributed by atoms with E-state index < -0.39 is 0 Å². The van der Waals surface area contributed by atoms with E-state index >= 15 is 0 Å². The van der Waals surface area contributed by atoms with Crippen molar-refractivity contribution >= 4 is 0 Å². The molecule has 0 saturated carbocycles. The number of nitrogens with two attached hydrogens (primary N) is 1. The van der Waals surface area contributed by atoms with Crippen molar-refractivity contribution in [1.82, 2.24) is 5.43 Å². The fourth-order valence-electron chi connectivity index (χ4n) is 2.00. The van der Waals surface area contributed by atoms with E-state index in [1.807, 2.05) is 13.0 Å². The van der Waals surface area contributed by atoms with Crippen molar-refractivity contribution in [3.8, 4) is 0 Å². The first-order valence-corrected chi connectivity index (χ1v) is 5.80. The van der Waals surface area contributed by atoms with E-state index in [-0.39, 0.29) is 17.8 Å². The van der Waals surface area contributed by atoms with Gasteiger partial charge >= 0.3 is 0 Å². The van der Waals surface area contributed by atoms with E-state index in [1.165, 1.54) is 12.1 Å². The number of aryl methyl sites for hydroxylation is 1. The topological polar surface area (TPSA) is 47.3 Å². The van der Waals surface area contributed by atoms with Gasteiger partial charge in [-0.2, -0.15) is 0 Å². The van der Waals surface area contributed by atoms with Crippen LogP contribution in [0.25, 0.3) is 0 Å². The van der Waals surface area contributed by atoms with Crippen LogP contribution in [0.4, 0.5) is 4.39 Å². The van der Waals surface area contributed by atoms with Gasteiger partial charge in [0, 0.05) is 19.8 Å². The summed E-state index contributed by atoms with van der Waals surface area (Å²) < 4.78 is 18.4. The summed E-state index contributed by atoms with van der Waals surface area (Å²) in [6.45, 7) is 4.62. The second kappa shape index (κ2) is 6.69. The minimum absolute atomic E-state index is 0.0560. The molecule has 0 aliphatic heterocycles. The first-order chi connectivity index (χ1) is 8.08. The standard InChI is InChI=1S/C13H21FN2O/c1-9-6-11(8-12(14)7-9)13(16-15)10(2)4-5-17-3/h6-8,10,13,16H,4-5,15H2,1-3H3. The highest BCUT2D eigenvalue weighted by Crippen LogP contribution is 2.25. The van der Waals surface area contributed by atoms with Gasteiger partial charge in [0.15, 0.2) is 0 Å². The predicted octanol–water partition coefficient (Wildman–Crippen LogP) is 2.31. The molecule has 1 aromatic carbocycles. The maximum absolute atomic E-state index is 13.3. The molecule has 0 spiro atoms. The van der Waals surface area contributed by atoms with Gasteiger partial charge in [0.2, 0.25) is 0 Å². The predicted molar refractivity (Wildman–Crippen MR) is 66.9 cm³/mol. The van der Waals surface area contributed by atoms with Gasteiger partial charge in [0.1, 0.15) is 5.82 Å². The number of hydrogen-bond acceptors (Lipinski definition) is 3. The highest BCUT2D eigenvalue weighted by atomic mass is 19.1. The van der Waals surface area contributed by atoms with Crippen LogP contribution in [0, 0.1) is 18.7 Å². The Morgan fingerprint density at radius 3 is 2.65 bits per heavy atom. The molecule has 3 N–H and O–H groups in total. The third-order valence-corrected chi connectivity index (χ3v) is 2.95. The summed E-state index contributed by atoms with van der Waals surface area (Å²) in [6, 6.07) is 4.94. The maximum Gasteiger partial charge on any atom is 0.123 e. The summed E-state index contributed by atoms with van der Waals surface area (Å²) in [5, 5.41) is 0. The maximum atomic E-state index is 13.3. The highest BCUT2D eigenvalue weighted by molar-refractivity contribution is 5.26. The molecular weight excluding hydrogens is 219 g/mol. The molecule has 0 heterocycles. The lowest BCUT2D eigenvalue weighted by atomic mass is 9.92. The summed E-state index contributed by atoms with van der Waals surface area (Å²) >= 11 is 0. The Morgan fingerprint density at radius 1 is 1.41 bits per heavy atom. The molecule has 0 bridgehead atoms. The number of methoxy groups -OCH3 is 1. The monoisotopic (exact) mass is 240 g/mol. The molecule has 0 aliphatic rings. The van der Waals surface area contributed by atoms with Gasteiger partial charge in [-0.05, 0) is 42.5 Å². The van der Waals surface area contributed by atoms with E-state index in [1.54, 1.807) is 7.11 Å². The van der Waals surface area contributed by atoms with Gasteiger partial charge in [-0.15, -0.1) is 0 Å². The van der Waals surface area contributed by atoms with Crippen LogP contribution in [0.15, 0.2) is 18.2 Å². The second-order valence-corrected chi connectivity index (χ2v) is 4.47. The van der Waals surface area contributed by atoms with Crippen LogP contribution in [0.5, 0.6) is 0 Å². The van der Waals surface area contributed by atoms with Crippen molar-refractivity contribution in [3.63, 3.8) is 0 Å². The summed E-state index contributed by atoms with van der Waals surface area (Å²) in [5.41, 5.74) is 4.54. The molecule has 1 aromatic rings. The zero-order chi connectivity index (χ0) is 12.8. The van der Waals surface area contributed by atoms with Crippen LogP contribution in [0.1, 0.15) is 30.5 Å². The number of halogens is 1. The van der Waals surface area contributed by atoms with Gasteiger partial charge in [-0.3, -0.25) is 11.3 Å². The Kier molecular flexibility index (Phi) is 5.55. The summed E-state index contributed by atoms with van der Waals surface area (Å²) in [7, 11) is 1.67. The molecule has 0 aromatic heterocycles. The molecule has 0 amide bonds. The summed E-state index contributed by atoms with van der Waals surface area (Å²) in [6.07, 6.45) is 0.876. The van der Waals surface area contributed by atoms with Crippen LogP contribution in [-0.4, -0.2) is 13.7 Å². The third-order valence-electron chi connectivity index (χ3n) is 2.95. The van der Waals surface area contributed by atoms with Crippen molar-refractivity contribution < 1.29 is 9.13 Å². The zero-order valence-corrected chi connectivity index (χ0v) is 10.7. The molecule has 3 nitrogen and oxygen atoms in total. The quantitative estimate of drug-likeness (QED) is 0.592. The lowest BCUT2D eigenvalue weighted by Crippen LogP contribution is -2.33. The molecule has 0 saturated heterocycles. The van der Waals surface area contributed by atoms with Crippen molar-refractivity contribution in [2.45, 2.75) is 26.3 Å². The summed E-state index contributed by atoms with van der Waals surface area (Å²) in [5.74, 6) is 5.62. The van der Waals surface area contributed by atoms with Crippen LogP contribution >= 0.6 is 0 Å². The molecule has 0 aliphatic carbocycles. The zero-order valence-electron chi connectivity index (χ0n) is 10.7. The fourth-order valence-corrected chi connectivity index (χ4v) is 2.00.